The summed E-state index contributed by atoms with van der Waals surface area (Å²) in [6.45, 7) is 1.71. The van der Waals surface area contributed by atoms with Crippen LogP contribution in [0.15, 0.2) is 16.7 Å². The van der Waals surface area contributed by atoms with Gasteiger partial charge in [0.2, 0.25) is 5.82 Å². The average molecular weight is 352 g/mol. The molecule has 0 fully saturated rings. The lowest BCUT2D eigenvalue weighted by atomic mass is 10.2. The molecular formula is C12H15F3N4O3S. The van der Waals surface area contributed by atoms with E-state index in [0.29, 0.717) is 9.75 Å². The maximum atomic E-state index is 12.5. The van der Waals surface area contributed by atoms with Gasteiger partial charge in [0, 0.05) is 13.4 Å². The first-order valence-corrected chi connectivity index (χ1v) is 7.15. The predicted octanol–water partition coefficient (Wildman–Crippen LogP) is 3.33. The number of aromatic nitrogens is 2. The van der Waals surface area contributed by atoms with E-state index in [0.717, 1.165) is 16.4 Å². The number of nitrogens with zero attached hydrogens (tertiary/aromatic N) is 3. The molecule has 0 saturated heterocycles. The van der Waals surface area contributed by atoms with E-state index < -0.39 is 24.1 Å². The summed E-state index contributed by atoms with van der Waals surface area (Å²) in [5, 5.41) is 6.85. The molecule has 1 N–H and O–H groups in total. The molecule has 2 rings (SSSR count). The van der Waals surface area contributed by atoms with Crippen molar-refractivity contribution in [3.8, 4) is 10.7 Å². The van der Waals surface area contributed by atoms with E-state index in [2.05, 4.69) is 20.0 Å². The Labute approximate surface area is 134 Å². The number of carbonyl (C=O) groups is 1. The van der Waals surface area contributed by atoms with E-state index in [1.165, 1.54) is 14.2 Å². The minimum Gasteiger partial charge on any atom is -0.339 e. The lowest BCUT2D eigenvalue weighted by Gasteiger charge is -2.25. The molecule has 0 saturated carbocycles. The summed E-state index contributed by atoms with van der Waals surface area (Å²) in [4.78, 5) is 21.1. The van der Waals surface area contributed by atoms with Gasteiger partial charge in [-0.2, -0.15) is 23.2 Å². The fourth-order valence-electron chi connectivity index (χ4n) is 1.78. The highest BCUT2D eigenvalue weighted by Gasteiger charge is 2.38. The summed E-state index contributed by atoms with van der Waals surface area (Å²) in [5.74, 6) is -1.57. The first-order valence-electron chi connectivity index (χ1n) is 6.34. The molecule has 1 unspecified atom stereocenters. The number of hydrogen-bond acceptors (Lipinski definition) is 6. The molecule has 0 aliphatic rings. The molecule has 0 aliphatic heterocycles. The molecule has 0 bridgehead atoms. The summed E-state index contributed by atoms with van der Waals surface area (Å²) < 4.78 is 41.6. The Morgan fingerprint density at radius 3 is 2.74 bits per heavy atom. The predicted molar refractivity (Wildman–Crippen MR) is 76.4 cm³/mol. The molecule has 0 spiro atoms. The Bertz CT molecular complexity index is 691. The standard InChI is InChI=1S/C12H13F3N4O3S.H2/c1-6(19(21-3)11(20)16-2)7-4-5-8(23-7)9-17-10(22-18-9)12(13,14)15;/h4-6H,1-3H3,(H,16,20);1H. The molecule has 23 heavy (non-hydrogen) atoms. The summed E-state index contributed by atoms with van der Waals surface area (Å²) in [6, 6.07) is 2.31. The second-order valence-corrected chi connectivity index (χ2v) is 5.48. The smallest absolute Gasteiger partial charge is 0.339 e. The van der Waals surface area contributed by atoms with E-state index in [9.17, 15) is 18.0 Å². The van der Waals surface area contributed by atoms with Crippen LogP contribution in [0.25, 0.3) is 10.7 Å². The van der Waals surface area contributed by atoms with Crippen molar-refractivity contribution in [2.45, 2.75) is 19.1 Å². The molecule has 2 heterocycles. The topological polar surface area (TPSA) is 80.5 Å². The Balaban J connectivity index is 0.00000288. The van der Waals surface area contributed by atoms with Crippen LogP contribution in [0.5, 0.6) is 0 Å². The van der Waals surface area contributed by atoms with E-state index in [1.807, 2.05) is 0 Å². The van der Waals surface area contributed by atoms with Gasteiger partial charge in [-0.05, 0) is 19.1 Å². The zero-order valence-corrected chi connectivity index (χ0v) is 13.2. The van der Waals surface area contributed by atoms with Crippen molar-refractivity contribution in [3.05, 3.63) is 22.9 Å². The summed E-state index contributed by atoms with van der Waals surface area (Å²) in [6.07, 6.45) is -4.69. The zero-order valence-electron chi connectivity index (χ0n) is 12.3. The van der Waals surface area contributed by atoms with E-state index in [1.54, 1.807) is 19.1 Å². The highest BCUT2D eigenvalue weighted by molar-refractivity contribution is 7.15. The maximum absolute atomic E-state index is 12.5. The Hall–Kier alpha value is -2.14. The number of amides is 2. The number of thiophene rings is 1. The molecule has 7 nitrogen and oxygen atoms in total. The fourth-order valence-corrected chi connectivity index (χ4v) is 2.75. The van der Waals surface area contributed by atoms with E-state index in [-0.39, 0.29) is 7.25 Å². The molecular weight excluding hydrogens is 337 g/mol. The van der Waals surface area contributed by atoms with Gasteiger partial charge in [-0.1, -0.05) is 5.16 Å². The van der Waals surface area contributed by atoms with Crippen LogP contribution in [0.1, 0.15) is 25.2 Å². The van der Waals surface area contributed by atoms with Gasteiger partial charge in [-0.3, -0.25) is 4.84 Å². The van der Waals surface area contributed by atoms with Crippen LogP contribution in [0.2, 0.25) is 0 Å². The van der Waals surface area contributed by atoms with Crippen LogP contribution in [0.3, 0.4) is 0 Å². The number of carbonyl (C=O) groups excluding carboxylic acids is 1. The number of urea groups is 1. The van der Waals surface area contributed by atoms with Gasteiger partial charge < -0.3 is 9.84 Å². The normalized spacial score (nSPS) is 13.0. The van der Waals surface area contributed by atoms with Crippen LogP contribution in [-0.4, -0.2) is 35.4 Å². The van der Waals surface area contributed by atoms with Crippen molar-refractivity contribution >= 4 is 17.4 Å². The monoisotopic (exact) mass is 352 g/mol. The van der Waals surface area contributed by atoms with Crippen LogP contribution in [0, 0.1) is 0 Å². The van der Waals surface area contributed by atoms with Gasteiger partial charge in [-0.15, -0.1) is 11.3 Å². The van der Waals surface area contributed by atoms with Gasteiger partial charge in [0.05, 0.1) is 18.0 Å². The number of alkyl halides is 3. The zero-order chi connectivity index (χ0) is 17.2. The van der Waals surface area contributed by atoms with Crippen LogP contribution < -0.4 is 5.32 Å². The molecule has 11 heteroatoms. The lowest BCUT2D eigenvalue weighted by molar-refractivity contribution is -0.159. The third-order valence-corrected chi connectivity index (χ3v) is 4.14. The third kappa shape index (κ3) is 3.62. The van der Waals surface area contributed by atoms with Gasteiger partial charge in [0.25, 0.3) is 0 Å². The minimum atomic E-state index is -4.69. The average Bonchev–Trinajstić information content (AvgIpc) is 3.15. The number of nitrogens with one attached hydrogen (secondary N) is 1. The van der Waals surface area contributed by atoms with Crippen molar-refractivity contribution in [2.75, 3.05) is 14.2 Å². The first-order chi connectivity index (χ1) is 10.8. The van der Waals surface area contributed by atoms with Crippen molar-refractivity contribution in [3.63, 3.8) is 0 Å². The molecule has 128 valence electrons. The first kappa shape index (κ1) is 17.2. The number of halogens is 3. The summed E-state index contributed by atoms with van der Waals surface area (Å²) >= 11 is 1.14. The Kier molecular flexibility index (Phi) is 4.90. The molecule has 0 aromatic carbocycles. The van der Waals surface area contributed by atoms with Crippen molar-refractivity contribution < 1.29 is 28.8 Å². The molecule has 2 aromatic heterocycles. The lowest BCUT2D eigenvalue weighted by Crippen LogP contribution is -2.38. The fraction of sp³-hybridized carbons (Fsp3) is 0.417. The van der Waals surface area contributed by atoms with Gasteiger partial charge >= 0.3 is 18.1 Å². The second kappa shape index (κ2) is 6.54. The van der Waals surface area contributed by atoms with Crippen LogP contribution in [-0.2, 0) is 11.0 Å². The van der Waals surface area contributed by atoms with E-state index >= 15 is 0 Å². The number of hydroxylamine groups is 2. The van der Waals surface area contributed by atoms with Crippen molar-refractivity contribution in [2.24, 2.45) is 0 Å². The number of rotatable bonds is 4. The minimum absolute atomic E-state index is 0. The molecule has 2 aromatic rings. The molecule has 1 atom stereocenters. The SMILES string of the molecule is CNC(=O)N(OC)C(C)c1ccc(-c2noc(C(F)(F)F)n2)s1.[HH]. The van der Waals surface area contributed by atoms with Crippen LogP contribution in [0.4, 0.5) is 18.0 Å². The third-order valence-electron chi connectivity index (χ3n) is 2.89. The van der Waals surface area contributed by atoms with Crippen molar-refractivity contribution in [1.29, 1.82) is 0 Å². The largest absolute Gasteiger partial charge is 0.471 e. The maximum Gasteiger partial charge on any atom is 0.471 e. The van der Waals surface area contributed by atoms with Gasteiger partial charge in [0.1, 0.15) is 0 Å². The summed E-state index contributed by atoms with van der Waals surface area (Å²) in [5.41, 5.74) is 0. The number of hydrogen-bond donors (Lipinski definition) is 1. The Morgan fingerprint density at radius 2 is 2.22 bits per heavy atom. The van der Waals surface area contributed by atoms with Crippen molar-refractivity contribution in [1.82, 2.24) is 20.5 Å². The molecule has 0 radical (unpaired) electrons. The van der Waals surface area contributed by atoms with Gasteiger partial charge in [-0.25, -0.2) is 4.79 Å². The van der Waals surface area contributed by atoms with E-state index in [4.69, 9.17) is 4.84 Å². The quantitative estimate of drug-likeness (QED) is 0.854. The highest BCUT2D eigenvalue weighted by atomic mass is 32.1. The summed E-state index contributed by atoms with van der Waals surface area (Å²) in [7, 11) is 2.80. The molecule has 2 amide bonds. The highest BCUT2D eigenvalue weighted by Crippen LogP contribution is 2.34. The van der Waals surface area contributed by atoms with Gasteiger partial charge in [0.15, 0.2) is 0 Å². The molecule has 0 aliphatic carbocycles. The second-order valence-electron chi connectivity index (χ2n) is 4.36. The van der Waals surface area contributed by atoms with Crippen LogP contribution >= 0.6 is 11.3 Å². The Morgan fingerprint density at radius 1 is 1.52 bits per heavy atom.